The SMILES string of the molecule is CCCCCCCc1ccc(C#Cc2ccc3c(F)c(-c4ccc(CCCC)cc4)ccc3c2)cc1. The van der Waals surface area contributed by atoms with Crippen molar-refractivity contribution in [3.63, 3.8) is 0 Å². The molecule has 0 fully saturated rings. The highest BCUT2D eigenvalue weighted by Crippen LogP contribution is 2.30. The van der Waals surface area contributed by atoms with Crippen molar-refractivity contribution in [1.29, 1.82) is 0 Å². The Labute approximate surface area is 216 Å². The number of halogens is 1. The Morgan fingerprint density at radius 1 is 0.583 bits per heavy atom. The third-order valence-electron chi connectivity index (χ3n) is 6.91. The van der Waals surface area contributed by atoms with Gasteiger partial charge in [0.25, 0.3) is 0 Å². The van der Waals surface area contributed by atoms with Crippen molar-refractivity contribution >= 4 is 10.8 Å². The molecule has 0 saturated carbocycles. The summed E-state index contributed by atoms with van der Waals surface area (Å²) in [5.74, 6) is 6.35. The number of rotatable bonds is 10. The molecule has 0 aromatic heterocycles. The van der Waals surface area contributed by atoms with Crippen molar-refractivity contribution in [2.24, 2.45) is 0 Å². The fourth-order valence-electron chi connectivity index (χ4n) is 4.66. The number of unbranched alkanes of at least 4 members (excludes halogenated alkanes) is 5. The van der Waals surface area contributed by atoms with Gasteiger partial charge in [0.05, 0.1) is 0 Å². The van der Waals surface area contributed by atoms with Crippen LogP contribution in [0.5, 0.6) is 0 Å². The lowest BCUT2D eigenvalue weighted by atomic mass is 9.97. The van der Waals surface area contributed by atoms with E-state index in [-0.39, 0.29) is 5.82 Å². The highest BCUT2D eigenvalue weighted by molar-refractivity contribution is 5.89. The molecule has 36 heavy (non-hydrogen) atoms. The van der Waals surface area contributed by atoms with Crippen LogP contribution in [0.2, 0.25) is 0 Å². The predicted octanol–water partition coefficient (Wildman–Crippen LogP) is 9.90. The molecule has 4 rings (SSSR count). The Hall–Kier alpha value is -3.37. The van der Waals surface area contributed by atoms with Gasteiger partial charge < -0.3 is 0 Å². The van der Waals surface area contributed by atoms with Gasteiger partial charge in [-0.15, -0.1) is 0 Å². The van der Waals surface area contributed by atoms with Gasteiger partial charge in [-0.05, 0) is 72.0 Å². The Balaban J connectivity index is 1.44. The second-order valence-corrected chi connectivity index (χ2v) is 9.77. The molecule has 0 radical (unpaired) electrons. The van der Waals surface area contributed by atoms with E-state index in [1.54, 1.807) is 0 Å². The van der Waals surface area contributed by atoms with Gasteiger partial charge in [0.1, 0.15) is 5.82 Å². The summed E-state index contributed by atoms with van der Waals surface area (Å²) in [4.78, 5) is 0. The topological polar surface area (TPSA) is 0 Å². The molecule has 0 aliphatic carbocycles. The minimum Gasteiger partial charge on any atom is -0.206 e. The normalized spacial score (nSPS) is 10.9. The van der Waals surface area contributed by atoms with Gasteiger partial charge in [-0.25, -0.2) is 4.39 Å². The van der Waals surface area contributed by atoms with E-state index in [0.29, 0.717) is 10.9 Å². The summed E-state index contributed by atoms with van der Waals surface area (Å²) < 4.78 is 15.4. The molecule has 4 aromatic carbocycles. The van der Waals surface area contributed by atoms with Crippen LogP contribution in [0.15, 0.2) is 78.9 Å². The molecule has 0 nitrogen and oxygen atoms in total. The molecule has 184 valence electrons. The lowest BCUT2D eigenvalue weighted by Gasteiger charge is -2.09. The molecule has 0 saturated heterocycles. The van der Waals surface area contributed by atoms with Crippen molar-refractivity contribution in [2.75, 3.05) is 0 Å². The lowest BCUT2D eigenvalue weighted by molar-refractivity contribution is 0.632. The summed E-state index contributed by atoms with van der Waals surface area (Å²) in [6, 6.07) is 26.5. The zero-order chi connectivity index (χ0) is 25.2. The van der Waals surface area contributed by atoms with Crippen molar-refractivity contribution in [3.8, 4) is 23.0 Å². The summed E-state index contributed by atoms with van der Waals surface area (Å²) in [5.41, 5.74) is 6.16. The Morgan fingerprint density at radius 2 is 1.19 bits per heavy atom. The smallest absolute Gasteiger partial charge is 0.138 e. The molecule has 0 heterocycles. The highest BCUT2D eigenvalue weighted by atomic mass is 19.1. The first-order valence-corrected chi connectivity index (χ1v) is 13.6. The van der Waals surface area contributed by atoms with Crippen LogP contribution >= 0.6 is 0 Å². The van der Waals surface area contributed by atoms with Gasteiger partial charge in [0.2, 0.25) is 0 Å². The first-order valence-electron chi connectivity index (χ1n) is 13.6. The molecule has 0 amide bonds. The Kier molecular flexibility index (Phi) is 9.34. The number of aryl methyl sites for hydroxylation is 2. The molecular weight excluding hydrogens is 439 g/mol. The van der Waals surface area contributed by atoms with Crippen molar-refractivity contribution in [2.45, 2.75) is 71.6 Å². The van der Waals surface area contributed by atoms with Crippen molar-refractivity contribution < 1.29 is 4.39 Å². The van der Waals surface area contributed by atoms with E-state index in [0.717, 1.165) is 34.9 Å². The van der Waals surface area contributed by atoms with Gasteiger partial charge in [0, 0.05) is 22.1 Å². The molecule has 0 spiro atoms. The quantitative estimate of drug-likeness (QED) is 0.158. The molecule has 0 aliphatic rings. The van der Waals surface area contributed by atoms with Gasteiger partial charge in [-0.3, -0.25) is 0 Å². The zero-order valence-electron chi connectivity index (χ0n) is 21.7. The number of hydrogen-bond donors (Lipinski definition) is 0. The van der Waals surface area contributed by atoms with E-state index >= 15 is 4.39 Å². The summed E-state index contributed by atoms with van der Waals surface area (Å²) in [6.07, 6.45) is 11.1. The van der Waals surface area contributed by atoms with Crippen LogP contribution < -0.4 is 0 Å². The van der Waals surface area contributed by atoms with E-state index in [2.05, 4.69) is 62.1 Å². The molecule has 0 bridgehead atoms. The Bertz CT molecular complexity index is 1320. The largest absolute Gasteiger partial charge is 0.206 e. The number of fused-ring (bicyclic) bond motifs is 1. The number of benzene rings is 4. The Morgan fingerprint density at radius 3 is 1.92 bits per heavy atom. The maximum Gasteiger partial charge on any atom is 0.138 e. The maximum absolute atomic E-state index is 15.4. The van der Waals surface area contributed by atoms with Crippen LogP contribution in [0, 0.1) is 17.7 Å². The molecule has 1 heteroatoms. The van der Waals surface area contributed by atoms with E-state index in [1.807, 2.05) is 42.5 Å². The lowest BCUT2D eigenvalue weighted by Crippen LogP contribution is -1.89. The van der Waals surface area contributed by atoms with Crippen LogP contribution in [0.4, 0.5) is 4.39 Å². The van der Waals surface area contributed by atoms with Gasteiger partial charge in [-0.1, -0.05) is 112 Å². The molecule has 0 unspecified atom stereocenters. The zero-order valence-corrected chi connectivity index (χ0v) is 21.7. The standard InChI is InChI=1S/C35H37F/c1-3-5-7-8-9-11-28-12-14-29(15-13-28)16-17-30-20-24-34-32(26-30)23-25-33(35(34)36)31-21-18-27(19-22-31)10-6-4-2/h12-15,18-26H,3-11H2,1-2H3. The van der Waals surface area contributed by atoms with E-state index in [9.17, 15) is 0 Å². The molecule has 0 N–H and O–H groups in total. The predicted molar refractivity (Wildman–Crippen MR) is 153 cm³/mol. The monoisotopic (exact) mass is 476 g/mol. The summed E-state index contributed by atoms with van der Waals surface area (Å²) in [5, 5.41) is 1.51. The van der Waals surface area contributed by atoms with Crippen LogP contribution in [-0.4, -0.2) is 0 Å². The van der Waals surface area contributed by atoms with E-state index < -0.39 is 0 Å². The van der Waals surface area contributed by atoms with E-state index in [1.165, 1.54) is 56.1 Å². The molecule has 0 aliphatic heterocycles. The van der Waals surface area contributed by atoms with E-state index in [4.69, 9.17) is 0 Å². The fraction of sp³-hybridized carbons (Fsp3) is 0.314. The minimum atomic E-state index is -0.168. The van der Waals surface area contributed by atoms with Crippen LogP contribution in [0.3, 0.4) is 0 Å². The van der Waals surface area contributed by atoms with Gasteiger partial charge in [0.15, 0.2) is 0 Å². The first kappa shape index (κ1) is 25.7. The average Bonchev–Trinajstić information content (AvgIpc) is 2.92. The fourth-order valence-corrected chi connectivity index (χ4v) is 4.66. The van der Waals surface area contributed by atoms with Crippen LogP contribution in [-0.2, 0) is 12.8 Å². The number of hydrogen-bond acceptors (Lipinski definition) is 0. The second-order valence-electron chi connectivity index (χ2n) is 9.77. The first-order chi connectivity index (χ1) is 17.7. The summed E-state index contributed by atoms with van der Waals surface area (Å²) in [7, 11) is 0. The third-order valence-corrected chi connectivity index (χ3v) is 6.91. The summed E-state index contributed by atoms with van der Waals surface area (Å²) >= 11 is 0. The minimum absolute atomic E-state index is 0.168. The van der Waals surface area contributed by atoms with Crippen molar-refractivity contribution in [1.82, 2.24) is 0 Å². The molecular formula is C35H37F. The highest BCUT2D eigenvalue weighted by Gasteiger charge is 2.10. The molecule has 0 atom stereocenters. The van der Waals surface area contributed by atoms with Crippen molar-refractivity contribution in [3.05, 3.63) is 107 Å². The maximum atomic E-state index is 15.4. The molecule has 4 aromatic rings. The summed E-state index contributed by atoms with van der Waals surface area (Å²) in [6.45, 7) is 4.45. The van der Waals surface area contributed by atoms with Gasteiger partial charge >= 0.3 is 0 Å². The third kappa shape index (κ3) is 6.86. The average molecular weight is 477 g/mol. The second kappa shape index (κ2) is 13.1. The van der Waals surface area contributed by atoms with Crippen LogP contribution in [0.25, 0.3) is 21.9 Å². The van der Waals surface area contributed by atoms with Gasteiger partial charge in [-0.2, -0.15) is 0 Å². The van der Waals surface area contributed by atoms with Crippen LogP contribution in [0.1, 0.15) is 81.0 Å².